The van der Waals surface area contributed by atoms with Crippen LogP contribution in [0.5, 0.6) is 0 Å². The quantitative estimate of drug-likeness (QED) is 0.421. The summed E-state index contributed by atoms with van der Waals surface area (Å²) < 4.78 is 4.94. The maximum atomic E-state index is 12.5. The number of aryl methyl sites for hydroxylation is 1. The second-order valence-corrected chi connectivity index (χ2v) is 5.86. The number of nitrogens with one attached hydrogen (secondary N) is 2. The number of benzene rings is 2. The number of nitrogens with zero attached hydrogens (tertiary/aromatic N) is 1. The fraction of sp³-hybridized carbons (Fsp3) is 0.263. The van der Waals surface area contributed by atoms with Crippen LogP contribution in [0.3, 0.4) is 0 Å². The molecule has 0 heterocycles. The van der Waals surface area contributed by atoms with Crippen LogP contribution < -0.4 is 10.6 Å². The Hall–Kier alpha value is -3.26. The standard InChI is InChI=1S/C19H21N3O5/c1-13-12-14(8-9-17(13)22(25)26)18(23)21-16-7-4-3-6-15(16)19(24)20-10-5-11-27-2/h3-4,6-9,12H,5,10-11H2,1-2H3,(H,20,24)(H,21,23). The summed E-state index contributed by atoms with van der Waals surface area (Å²) >= 11 is 0. The van der Waals surface area contributed by atoms with Gasteiger partial charge in [-0.3, -0.25) is 19.7 Å². The Balaban J connectivity index is 2.13. The van der Waals surface area contributed by atoms with E-state index in [4.69, 9.17) is 4.74 Å². The van der Waals surface area contributed by atoms with Gasteiger partial charge in [-0.25, -0.2) is 0 Å². The summed E-state index contributed by atoms with van der Waals surface area (Å²) in [6, 6.07) is 10.8. The molecule has 0 radical (unpaired) electrons. The third-order valence-corrected chi connectivity index (χ3v) is 3.89. The van der Waals surface area contributed by atoms with Crippen molar-refractivity contribution in [3.05, 3.63) is 69.3 Å². The van der Waals surface area contributed by atoms with Crippen molar-refractivity contribution < 1.29 is 19.2 Å². The van der Waals surface area contributed by atoms with Crippen LogP contribution in [-0.2, 0) is 4.74 Å². The number of rotatable bonds is 8. The van der Waals surface area contributed by atoms with Crippen molar-refractivity contribution in [2.45, 2.75) is 13.3 Å². The lowest BCUT2D eigenvalue weighted by molar-refractivity contribution is -0.385. The first-order chi connectivity index (χ1) is 12.9. The molecular formula is C19H21N3O5. The van der Waals surface area contributed by atoms with E-state index in [1.165, 1.54) is 18.2 Å². The van der Waals surface area contributed by atoms with E-state index < -0.39 is 10.8 Å². The molecule has 0 fully saturated rings. The Labute approximate surface area is 156 Å². The molecule has 0 unspecified atom stereocenters. The van der Waals surface area contributed by atoms with Crippen LogP contribution >= 0.6 is 0 Å². The van der Waals surface area contributed by atoms with Crippen molar-refractivity contribution in [2.75, 3.05) is 25.6 Å². The van der Waals surface area contributed by atoms with Crippen molar-refractivity contribution in [1.82, 2.24) is 5.32 Å². The van der Waals surface area contributed by atoms with Gasteiger partial charge < -0.3 is 15.4 Å². The van der Waals surface area contributed by atoms with E-state index in [2.05, 4.69) is 10.6 Å². The smallest absolute Gasteiger partial charge is 0.272 e. The van der Waals surface area contributed by atoms with Crippen LogP contribution in [0, 0.1) is 17.0 Å². The number of amides is 2. The third kappa shape index (κ3) is 5.35. The van der Waals surface area contributed by atoms with Gasteiger partial charge in [0.1, 0.15) is 0 Å². The number of nitro benzene ring substituents is 1. The number of methoxy groups -OCH3 is 1. The first-order valence-corrected chi connectivity index (χ1v) is 8.36. The molecule has 8 nitrogen and oxygen atoms in total. The van der Waals surface area contributed by atoms with Gasteiger partial charge in [0.05, 0.1) is 16.2 Å². The van der Waals surface area contributed by atoms with Crippen molar-refractivity contribution in [2.24, 2.45) is 0 Å². The SMILES string of the molecule is COCCCNC(=O)c1ccccc1NC(=O)c1ccc([N+](=O)[O-])c(C)c1. The minimum absolute atomic E-state index is 0.0533. The Kier molecular flexibility index (Phi) is 7.01. The van der Waals surface area contributed by atoms with Gasteiger partial charge in [0.25, 0.3) is 17.5 Å². The van der Waals surface area contributed by atoms with Crippen LogP contribution in [0.25, 0.3) is 0 Å². The number of carbonyl (C=O) groups is 2. The molecule has 142 valence electrons. The fourth-order valence-electron chi connectivity index (χ4n) is 2.50. The van der Waals surface area contributed by atoms with E-state index in [9.17, 15) is 19.7 Å². The molecule has 2 amide bonds. The highest BCUT2D eigenvalue weighted by Gasteiger charge is 2.16. The fourth-order valence-corrected chi connectivity index (χ4v) is 2.50. The molecule has 2 aromatic rings. The predicted octanol–water partition coefficient (Wildman–Crippen LogP) is 2.92. The van der Waals surface area contributed by atoms with Crippen molar-refractivity contribution in [3.63, 3.8) is 0 Å². The van der Waals surface area contributed by atoms with Gasteiger partial charge in [-0.1, -0.05) is 12.1 Å². The minimum Gasteiger partial charge on any atom is -0.385 e. The lowest BCUT2D eigenvalue weighted by Crippen LogP contribution is -2.26. The van der Waals surface area contributed by atoms with Crippen LogP contribution in [0.1, 0.15) is 32.7 Å². The molecule has 0 atom stereocenters. The summed E-state index contributed by atoms with van der Waals surface area (Å²) in [6.07, 6.45) is 0.679. The summed E-state index contributed by atoms with van der Waals surface area (Å²) in [6.45, 7) is 2.56. The molecule has 8 heteroatoms. The van der Waals surface area contributed by atoms with Gasteiger partial charge in [0, 0.05) is 37.5 Å². The maximum absolute atomic E-state index is 12.5. The normalized spacial score (nSPS) is 10.3. The number of hydrogen-bond donors (Lipinski definition) is 2. The first-order valence-electron chi connectivity index (χ1n) is 8.36. The number of ether oxygens (including phenoxy) is 1. The van der Waals surface area contributed by atoms with E-state index in [0.717, 1.165) is 0 Å². The van der Waals surface area contributed by atoms with Crippen molar-refractivity contribution in [3.8, 4) is 0 Å². The molecule has 0 aliphatic heterocycles. The number of anilines is 1. The van der Waals surface area contributed by atoms with Crippen LogP contribution in [-0.4, -0.2) is 37.0 Å². The van der Waals surface area contributed by atoms with Crippen molar-refractivity contribution in [1.29, 1.82) is 0 Å². The van der Waals surface area contributed by atoms with E-state index in [0.29, 0.717) is 36.4 Å². The van der Waals surface area contributed by atoms with Crippen LogP contribution in [0.2, 0.25) is 0 Å². The monoisotopic (exact) mass is 371 g/mol. The summed E-state index contributed by atoms with van der Waals surface area (Å²) in [5.74, 6) is -0.755. The minimum atomic E-state index is -0.500. The largest absolute Gasteiger partial charge is 0.385 e. The molecule has 2 N–H and O–H groups in total. The van der Waals surface area contributed by atoms with E-state index in [-0.39, 0.29) is 17.2 Å². The van der Waals surface area contributed by atoms with Crippen molar-refractivity contribution >= 4 is 23.2 Å². The summed E-state index contributed by atoms with van der Waals surface area (Å²) in [7, 11) is 1.59. The Morgan fingerprint density at radius 1 is 1.15 bits per heavy atom. The maximum Gasteiger partial charge on any atom is 0.272 e. The van der Waals surface area contributed by atoms with E-state index >= 15 is 0 Å². The summed E-state index contributed by atoms with van der Waals surface area (Å²) in [5.41, 5.74) is 1.30. The second kappa shape index (κ2) is 9.44. The molecule has 0 saturated heterocycles. The molecule has 0 spiro atoms. The zero-order valence-electron chi connectivity index (χ0n) is 15.2. The van der Waals surface area contributed by atoms with Crippen LogP contribution in [0.4, 0.5) is 11.4 Å². The molecular weight excluding hydrogens is 350 g/mol. The lowest BCUT2D eigenvalue weighted by atomic mass is 10.1. The molecule has 0 aliphatic carbocycles. The van der Waals surface area contributed by atoms with Gasteiger partial charge in [0.15, 0.2) is 0 Å². The van der Waals surface area contributed by atoms with Crippen LogP contribution in [0.15, 0.2) is 42.5 Å². The first kappa shape index (κ1) is 20.1. The molecule has 0 aliphatic rings. The molecule has 27 heavy (non-hydrogen) atoms. The molecule has 2 rings (SSSR count). The zero-order chi connectivity index (χ0) is 19.8. The molecule has 0 aromatic heterocycles. The second-order valence-electron chi connectivity index (χ2n) is 5.86. The zero-order valence-corrected chi connectivity index (χ0v) is 15.2. The van der Waals surface area contributed by atoms with Gasteiger partial charge >= 0.3 is 0 Å². The summed E-state index contributed by atoms with van der Waals surface area (Å²) in [5, 5.41) is 16.4. The molecule has 0 bridgehead atoms. The highest BCUT2D eigenvalue weighted by Crippen LogP contribution is 2.21. The Morgan fingerprint density at radius 2 is 1.89 bits per heavy atom. The molecule has 2 aromatic carbocycles. The highest BCUT2D eigenvalue weighted by molar-refractivity contribution is 6.09. The van der Waals surface area contributed by atoms with Gasteiger partial charge in [0.2, 0.25) is 0 Å². The average molecular weight is 371 g/mol. The Morgan fingerprint density at radius 3 is 2.56 bits per heavy atom. The average Bonchev–Trinajstić information content (AvgIpc) is 2.65. The number of para-hydroxylation sites is 1. The van der Waals surface area contributed by atoms with E-state index in [1.54, 1.807) is 38.3 Å². The highest BCUT2D eigenvalue weighted by atomic mass is 16.6. The van der Waals surface area contributed by atoms with E-state index in [1.807, 2.05) is 0 Å². The molecule has 0 saturated carbocycles. The predicted molar refractivity (Wildman–Crippen MR) is 101 cm³/mol. The topological polar surface area (TPSA) is 111 Å². The van der Waals surface area contributed by atoms with Gasteiger partial charge in [-0.05, 0) is 37.6 Å². The number of carbonyl (C=O) groups excluding carboxylic acids is 2. The van der Waals surface area contributed by atoms with Gasteiger partial charge in [-0.15, -0.1) is 0 Å². The summed E-state index contributed by atoms with van der Waals surface area (Å²) in [4.78, 5) is 35.2. The number of hydrogen-bond acceptors (Lipinski definition) is 5. The van der Waals surface area contributed by atoms with Gasteiger partial charge in [-0.2, -0.15) is 0 Å². The Bertz CT molecular complexity index is 851. The third-order valence-electron chi connectivity index (χ3n) is 3.89. The number of nitro groups is 1. The lowest BCUT2D eigenvalue weighted by Gasteiger charge is -2.12.